The first kappa shape index (κ1) is 13.6. The third-order valence-corrected chi connectivity index (χ3v) is 3.96. The molecular formula is C16H15BrO3. The topological polar surface area (TPSA) is 35.5 Å². The third kappa shape index (κ3) is 2.58. The Morgan fingerprint density at radius 2 is 1.95 bits per heavy atom. The Morgan fingerprint density at radius 3 is 2.70 bits per heavy atom. The minimum atomic E-state index is -0.402. The number of ketones is 1. The molecule has 2 unspecified atom stereocenters. The fourth-order valence-electron chi connectivity index (χ4n) is 2.39. The van der Waals surface area contributed by atoms with Crippen LogP contribution >= 0.6 is 15.9 Å². The Morgan fingerprint density at radius 1 is 1.20 bits per heavy atom. The molecule has 1 saturated carbocycles. The lowest BCUT2D eigenvalue weighted by Gasteiger charge is -2.34. The summed E-state index contributed by atoms with van der Waals surface area (Å²) in [6.45, 7) is 2.42. The van der Waals surface area contributed by atoms with Gasteiger partial charge in [-0.2, -0.15) is 0 Å². The molecule has 0 amide bonds. The van der Waals surface area contributed by atoms with E-state index in [1.54, 1.807) is 0 Å². The first-order valence-electron chi connectivity index (χ1n) is 6.67. The fraction of sp³-hybridized carbons (Fsp3) is 0.312. The molecule has 0 heterocycles. The molecule has 2 atom stereocenters. The van der Waals surface area contributed by atoms with E-state index in [-0.39, 0.29) is 11.9 Å². The standard InChI is InChI=1S/C16H15BrO3/c1-2-19-16-14(18)9-15(16)20-13-6-4-10-7-12(17)5-3-11(10)8-13/h3-8,15-16H,2,9H2,1H3. The van der Waals surface area contributed by atoms with Gasteiger partial charge in [0, 0.05) is 17.5 Å². The van der Waals surface area contributed by atoms with Crippen LogP contribution < -0.4 is 4.74 Å². The van der Waals surface area contributed by atoms with Gasteiger partial charge in [0.1, 0.15) is 11.9 Å². The van der Waals surface area contributed by atoms with E-state index in [0.717, 1.165) is 21.0 Å². The van der Waals surface area contributed by atoms with Gasteiger partial charge < -0.3 is 9.47 Å². The van der Waals surface area contributed by atoms with Crippen molar-refractivity contribution in [3.05, 3.63) is 40.9 Å². The maximum Gasteiger partial charge on any atom is 0.169 e. The molecule has 3 rings (SSSR count). The van der Waals surface area contributed by atoms with Crippen LogP contribution in [-0.4, -0.2) is 24.6 Å². The number of halogens is 1. The van der Waals surface area contributed by atoms with E-state index in [1.807, 2.05) is 37.3 Å². The van der Waals surface area contributed by atoms with Crippen molar-refractivity contribution in [1.82, 2.24) is 0 Å². The maximum absolute atomic E-state index is 11.5. The molecule has 1 fully saturated rings. The predicted molar refractivity (Wildman–Crippen MR) is 81.1 cm³/mol. The summed E-state index contributed by atoms with van der Waals surface area (Å²) in [4.78, 5) is 11.5. The number of fused-ring (bicyclic) bond motifs is 1. The number of Topliss-reactive ketones (excluding diaryl/α,β-unsaturated/α-hetero) is 1. The van der Waals surface area contributed by atoms with Crippen LogP contribution in [0, 0.1) is 0 Å². The second-order valence-electron chi connectivity index (χ2n) is 4.86. The van der Waals surface area contributed by atoms with Crippen LogP contribution in [0.2, 0.25) is 0 Å². The quantitative estimate of drug-likeness (QED) is 0.854. The van der Waals surface area contributed by atoms with Crippen LogP contribution in [0.3, 0.4) is 0 Å². The molecule has 3 nitrogen and oxygen atoms in total. The fourth-order valence-corrected chi connectivity index (χ4v) is 2.77. The summed E-state index contributed by atoms with van der Waals surface area (Å²) in [6, 6.07) is 12.1. The van der Waals surface area contributed by atoms with E-state index in [9.17, 15) is 4.79 Å². The Hall–Kier alpha value is -1.39. The molecule has 0 aromatic heterocycles. The third-order valence-electron chi connectivity index (χ3n) is 3.46. The van der Waals surface area contributed by atoms with Crippen molar-refractivity contribution in [2.24, 2.45) is 0 Å². The van der Waals surface area contributed by atoms with E-state index in [4.69, 9.17) is 9.47 Å². The van der Waals surface area contributed by atoms with Gasteiger partial charge >= 0.3 is 0 Å². The van der Waals surface area contributed by atoms with E-state index >= 15 is 0 Å². The average molecular weight is 335 g/mol. The van der Waals surface area contributed by atoms with E-state index in [2.05, 4.69) is 22.0 Å². The van der Waals surface area contributed by atoms with Crippen molar-refractivity contribution in [2.75, 3.05) is 6.61 Å². The van der Waals surface area contributed by atoms with Crippen LogP contribution in [0.5, 0.6) is 5.75 Å². The number of carbonyl (C=O) groups excluding carboxylic acids is 1. The van der Waals surface area contributed by atoms with Crippen molar-refractivity contribution in [1.29, 1.82) is 0 Å². The summed E-state index contributed by atoms with van der Waals surface area (Å²) in [5.74, 6) is 0.906. The maximum atomic E-state index is 11.5. The molecular weight excluding hydrogens is 320 g/mol. The Bertz CT molecular complexity index is 653. The summed E-state index contributed by atoms with van der Waals surface area (Å²) in [7, 11) is 0. The highest BCUT2D eigenvalue weighted by atomic mass is 79.9. The lowest BCUT2D eigenvalue weighted by Crippen LogP contribution is -2.52. The van der Waals surface area contributed by atoms with Crippen molar-refractivity contribution >= 4 is 32.5 Å². The van der Waals surface area contributed by atoms with Crippen LogP contribution in [-0.2, 0) is 9.53 Å². The normalized spacial score (nSPS) is 21.8. The zero-order chi connectivity index (χ0) is 14.1. The molecule has 0 radical (unpaired) electrons. The van der Waals surface area contributed by atoms with Gasteiger partial charge in [0.15, 0.2) is 11.9 Å². The highest BCUT2D eigenvalue weighted by molar-refractivity contribution is 9.10. The number of hydrogen-bond acceptors (Lipinski definition) is 3. The lowest BCUT2D eigenvalue weighted by atomic mass is 9.90. The molecule has 0 spiro atoms. The van der Waals surface area contributed by atoms with Crippen molar-refractivity contribution < 1.29 is 14.3 Å². The van der Waals surface area contributed by atoms with E-state index in [0.29, 0.717) is 13.0 Å². The zero-order valence-electron chi connectivity index (χ0n) is 11.1. The van der Waals surface area contributed by atoms with Gasteiger partial charge in [-0.25, -0.2) is 0 Å². The minimum Gasteiger partial charge on any atom is -0.487 e. The van der Waals surface area contributed by atoms with Gasteiger partial charge in [0.05, 0.1) is 0 Å². The average Bonchev–Trinajstić information content (AvgIpc) is 2.44. The molecule has 104 valence electrons. The molecule has 4 heteroatoms. The number of hydrogen-bond donors (Lipinski definition) is 0. The smallest absolute Gasteiger partial charge is 0.169 e. The van der Waals surface area contributed by atoms with Gasteiger partial charge in [-0.1, -0.05) is 28.1 Å². The summed E-state index contributed by atoms with van der Waals surface area (Å²) >= 11 is 3.46. The van der Waals surface area contributed by atoms with Crippen LogP contribution in [0.15, 0.2) is 40.9 Å². The molecule has 20 heavy (non-hydrogen) atoms. The number of carbonyl (C=O) groups is 1. The summed E-state index contributed by atoms with van der Waals surface area (Å²) in [5.41, 5.74) is 0. The van der Waals surface area contributed by atoms with Crippen molar-refractivity contribution in [2.45, 2.75) is 25.6 Å². The minimum absolute atomic E-state index is 0.126. The second kappa shape index (κ2) is 5.54. The van der Waals surface area contributed by atoms with Crippen LogP contribution in [0.4, 0.5) is 0 Å². The summed E-state index contributed by atoms with van der Waals surface area (Å²) in [5, 5.41) is 2.27. The monoisotopic (exact) mass is 334 g/mol. The van der Waals surface area contributed by atoms with Gasteiger partial charge in [0.2, 0.25) is 0 Å². The van der Waals surface area contributed by atoms with Gasteiger partial charge in [-0.15, -0.1) is 0 Å². The highest BCUT2D eigenvalue weighted by Crippen LogP contribution is 2.29. The lowest BCUT2D eigenvalue weighted by molar-refractivity contribution is -0.154. The first-order chi connectivity index (χ1) is 9.67. The highest BCUT2D eigenvalue weighted by Gasteiger charge is 2.42. The largest absolute Gasteiger partial charge is 0.487 e. The Kier molecular flexibility index (Phi) is 3.76. The molecule has 0 saturated heterocycles. The van der Waals surface area contributed by atoms with Gasteiger partial charge in [-0.05, 0) is 42.0 Å². The Labute approximate surface area is 126 Å². The SMILES string of the molecule is CCOC1C(=O)CC1Oc1ccc2cc(Br)ccc2c1. The predicted octanol–water partition coefficient (Wildman–Crippen LogP) is 3.73. The molecule has 0 bridgehead atoms. The molecule has 2 aromatic rings. The van der Waals surface area contributed by atoms with E-state index in [1.165, 1.54) is 0 Å². The number of ether oxygens (including phenoxy) is 2. The summed E-state index contributed by atoms with van der Waals surface area (Å²) < 4.78 is 12.3. The zero-order valence-corrected chi connectivity index (χ0v) is 12.7. The number of benzene rings is 2. The number of rotatable bonds is 4. The van der Waals surface area contributed by atoms with E-state index < -0.39 is 6.10 Å². The molecule has 2 aromatic carbocycles. The summed E-state index contributed by atoms with van der Waals surface area (Å²) in [6.07, 6.45) is -0.126. The van der Waals surface area contributed by atoms with Gasteiger partial charge in [0.25, 0.3) is 0 Å². The van der Waals surface area contributed by atoms with Crippen LogP contribution in [0.25, 0.3) is 10.8 Å². The second-order valence-corrected chi connectivity index (χ2v) is 5.77. The molecule has 0 N–H and O–H groups in total. The molecule has 0 aliphatic heterocycles. The Balaban J connectivity index is 1.78. The van der Waals surface area contributed by atoms with Crippen molar-refractivity contribution in [3.63, 3.8) is 0 Å². The molecule has 1 aliphatic carbocycles. The first-order valence-corrected chi connectivity index (χ1v) is 7.47. The van der Waals surface area contributed by atoms with Crippen LogP contribution in [0.1, 0.15) is 13.3 Å². The van der Waals surface area contributed by atoms with Gasteiger partial charge in [-0.3, -0.25) is 4.79 Å². The molecule has 1 aliphatic rings. The van der Waals surface area contributed by atoms with Crippen molar-refractivity contribution in [3.8, 4) is 5.75 Å².